The zero-order chi connectivity index (χ0) is 12.8. The molecule has 0 aliphatic heterocycles. The molecule has 0 radical (unpaired) electrons. The van der Waals surface area contributed by atoms with Crippen LogP contribution in [0, 0.1) is 0 Å². The van der Waals surface area contributed by atoms with Gasteiger partial charge in [-0.05, 0) is 26.0 Å². The molecular formula is C13H16O4. The van der Waals surface area contributed by atoms with Crippen LogP contribution >= 0.6 is 0 Å². The second-order valence-corrected chi connectivity index (χ2v) is 3.87. The Labute approximate surface area is 101 Å². The van der Waals surface area contributed by atoms with E-state index in [9.17, 15) is 9.59 Å². The number of ether oxygens (including phenoxy) is 2. The minimum absolute atomic E-state index is 0.0426. The van der Waals surface area contributed by atoms with E-state index < -0.39 is 5.97 Å². The molecule has 0 N–H and O–H groups in total. The van der Waals surface area contributed by atoms with Crippen LogP contribution in [-0.2, 0) is 9.53 Å². The molecule has 4 heteroatoms. The molecule has 0 unspecified atom stereocenters. The van der Waals surface area contributed by atoms with Gasteiger partial charge >= 0.3 is 5.97 Å². The van der Waals surface area contributed by atoms with Gasteiger partial charge in [0.1, 0.15) is 12.2 Å². The van der Waals surface area contributed by atoms with E-state index in [2.05, 4.69) is 4.74 Å². The topological polar surface area (TPSA) is 52.6 Å². The third-order valence-corrected chi connectivity index (χ3v) is 2.06. The number of hydrogen-bond donors (Lipinski definition) is 0. The normalized spacial score (nSPS) is 10.1. The summed E-state index contributed by atoms with van der Waals surface area (Å²) >= 11 is 0. The summed E-state index contributed by atoms with van der Waals surface area (Å²) in [6, 6.07) is 6.78. The van der Waals surface area contributed by atoms with E-state index in [0.717, 1.165) is 0 Å². The monoisotopic (exact) mass is 236 g/mol. The first kappa shape index (κ1) is 13.2. The van der Waals surface area contributed by atoms with Gasteiger partial charge in [-0.3, -0.25) is 9.59 Å². The maximum absolute atomic E-state index is 11.7. The molecule has 17 heavy (non-hydrogen) atoms. The zero-order valence-electron chi connectivity index (χ0n) is 10.2. The zero-order valence-corrected chi connectivity index (χ0v) is 10.2. The molecule has 0 heterocycles. The SMILES string of the molecule is COC(=O)CC(=O)c1cccc(OC(C)C)c1. The van der Waals surface area contributed by atoms with Crippen molar-refractivity contribution in [1.82, 2.24) is 0 Å². The summed E-state index contributed by atoms with van der Waals surface area (Å²) in [4.78, 5) is 22.7. The summed E-state index contributed by atoms with van der Waals surface area (Å²) in [5, 5.41) is 0. The van der Waals surface area contributed by atoms with Gasteiger partial charge in [0.2, 0.25) is 0 Å². The molecule has 0 aromatic heterocycles. The highest BCUT2D eigenvalue weighted by Crippen LogP contribution is 2.16. The molecule has 0 bridgehead atoms. The van der Waals surface area contributed by atoms with Gasteiger partial charge in [0.15, 0.2) is 5.78 Å². The van der Waals surface area contributed by atoms with E-state index in [0.29, 0.717) is 11.3 Å². The quantitative estimate of drug-likeness (QED) is 0.447. The van der Waals surface area contributed by atoms with E-state index >= 15 is 0 Å². The largest absolute Gasteiger partial charge is 0.491 e. The molecule has 4 nitrogen and oxygen atoms in total. The van der Waals surface area contributed by atoms with Crippen LogP contribution in [0.5, 0.6) is 5.75 Å². The lowest BCUT2D eigenvalue weighted by Gasteiger charge is -2.10. The van der Waals surface area contributed by atoms with Crippen molar-refractivity contribution in [3.8, 4) is 5.75 Å². The first-order valence-corrected chi connectivity index (χ1v) is 5.39. The Kier molecular flexibility index (Phi) is 4.69. The molecule has 0 aliphatic rings. The Morgan fingerprint density at radius 1 is 1.29 bits per heavy atom. The van der Waals surface area contributed by atoms with Crippen molar-refractivity contribution in [3.63, 3.8) is 0 Å². The number of esters is 1. The van der Waals surface area contributed by atoms with Crippen molar-refractivity contribution in [3.05, 3.63) is 29.8 Å². The summed E-state index contributed by atoms with van der Waals surface area (Å²) < 4.78 is 9.91. The average Bonchev–Trinajstić information content (AvgIpc) is 2.28. The van der Waals surface area contributed by atoms with Gasteiger partial charge in [-0.1, -0.05) is 12.1 Å². The Morgan fingerprint density at radius 2 is 2.00 bits per heavy atom. The number of hydrogen-bond acceptors (Lipinski definition) is 4. The van der Waals surface area contributed by atoms with Crippen molar-refractivity contribution < 1.29 is 19.1 Å². The average molecular weight is 236 g/mol. The van der Waals surface area contributed by atoms with Gasteiger partial charge in [0.25, 0.3) is 0 Å². The highest BCUT2D eigenvalue weighted by atomic mass is 16.5. The molecule has 1 aromatic rings. The number of carbonyl (C=O) groups excluding carboxylic acids is 2. The molecule has 92 valence electrons. The van der Waals surface area contributed by atoms with Crippen LogP contribution in [0.4, 0.5) is 0 Å². The Balaban J connectivity index is 2.77. The fourth-order valence-corrected chi connectivity index (χ4v) is 1.32. The minimum atomic E-state index is -0.537. The molecule has 0 saturated carbocycles. The predicted molar refractivity (Wildman–Crippen MR) is 63.2 cm³/mol. The predicted octanol–water partition coefficient (Wildman–Crippen LogP) is 2.22. The number of ketones is 1. The minimum Gasteiger partial charge on any atom is -0.491 e. The summed E-state index contributed by atoms with van der Waals surface area (Å²) in [5.41, 5.74) is 0.452. The van der Waals surface area contributed by atoms with Gasteiger partial charge in [0.05, 0.1) is 13.2 Å². The van der Waals surface area contributed by atoms with Crippen molar-refractivity contribution in [2.75, 3.05) is 7.11 Å². The Hall–Kier alpha value is -1.84. The van der Waals surface area contributed by atoms with E-state index in [-0.39, 0.29) is 18.3 Å². The first-order chi connectivity index (χ1) is 8.02. The van der Waals surface area contributed by atoms with Gasteiger partial charge in [-0.15, -0.1) is 0 Å². The molecule has 1 rings (SSSR count). The van der Waals surface area contributed by atoms with Crippen molar-refractivity contribution >= 4 is 11.8 Å². The molecule has 0 aliphatic carbocycles. The van der Waals surface area contributed by atoms with E-state index in [1.54, 1.807) is 24.3 Å². The first-order valence-electron chi connectivity index (χ1n) is 5.39. The van der Waals surface area contributed by atoms with Crippen LogP contribution in [0.15, 0.2) is 24.3 Å². The van der Waals surface area contributed by atoms with Gasteiger partial charge < -0.3 is 9.47 Å². The smallest absolute Gasteiger partial charge is 0.313 e. The van der Waals surface area contributed by atoms with Crippen LogP contribution in [0.2, 0.25) is 0 Å². The third-order valence-electron chi connectivity index (χ3n) is 2.06. The lowest BCUT2D eigenvalue weighted by atomic mass is 10.1. The molecule has 1 aromatic carbocycles. The highest BCUT2D eigenvalue weighted by molar-refractivity contribution is 6.06. The molecule has 0 fully saturated rings. The molecule has 0 saturated heterocycles. The number of rotatable bonds is 5. The van der Waals surface area contributed by atoms with Gasteiger partial charge in [-0.2, -0.15) is 0 Å². The Bertz CT molecular complexity index is 410. The third kappa shape index (κ3) is 4.26. The molecule has 0 amide bonds. The van der Waals surface area contributed by atoms with E-state index in [1.165, 1.54) is 7.11 Å². The highest BCUT2D eigenvalue weighted by Gasteiger charge is 2.12. The molecule has 0 spiro atoms. The molecule has 0 atom stereocenters. The lowest BCUT2D eigenvalue weighted by molar-refractivity contribution is -0.139. The summed E-state index contributed by atoms with van der Waals surface area (Å²) in [6.45, 7) is 3.81. The van der Waals surface area contributed by atoms with Gasteiger partial charge in [-0.25, -0.2) is 0 Å². The summed E-state index contributed by atoms with van der Waals surface area (Å²) in [7, 11) is 1.26. The van der Waals surface area contributed by atoms with E-state index in [1.807, 2.05) is 13.8 Å². The van der Waals surface area contributed by atoms with Crippen LogP contribution in [0.3, 0.4) is 0 Å². The summed E-state index contributed by atoms with van der Waals surface area (Å²) in [5.74, 6) is -0.188. The fraction of sp³-hybridized carbons (Fsp3) is 0.385. The van der Waals surface area contributed by atoms with Crippen LogP contribution in [0.25, 0.3) is 0 Å². The number of Topliss-reactive ketones (excluding diaryl/α,β-unsaturated/α-hetero) is 1. The maximum atomic E-state index is 11.7. The molecular weight excluding hydrogens is 220 g/mol. The Morgan fingerprint density at radius 3 is 2.59 bits per heavy atom. The fourth-order valence-electron chi connectivity index (χ4n) is 1.32. The van der Waals surface area contributed by atoms with Crippen LogP contribution < -0.4 is 4.74 Å². The second-order valence-electron chi connectivity index (χ2n) is 3.87. The van der Waals surface area contributed by atoms with Crippen molar-refractivity contribution in [2.24, 2.45) is 0 Å². The van der Waals surface area contributed by atoms with Crippen molar-refractivity contribution in [2.45, 2.75) is 26.4 Å². The standard InChI is InChI=1S/C13H16O4/c1-9(2)17-11-6-4-5-10(7-11)12(14)8-13(15)16-3/h4-7,9H,8H2,1-3H3. The van der Waals surface area contributed by atoms with Crippen molar-refractivity contribution in [1.29, 1.82) is 0 Å². The lowest BCUT2D eigenvalue weighted by Crippen LogP contribution is -2.10. The summed E-state index contributed by atoms with van der Waals surface area (Å²) in [6.07, 6.45) is -0.206. The van der Waals surface area contributed by atoms with E-state index in [4.69, 9.17) is 4.74 Å². The second kappa shape index (κ2) is 6.03. The number of carbonyl (C=O) groups is 2. The van der Waals surface area contributed by atoms with Gasteiger partial charge in [0, 0.05) is 5.56 Å². The number of methoxy groups -OCH3 is 1. The maximum Gasteiger partial charge on any atom is 0.313 e. The number of benzene rings is 1. The van der Waals surface area contributed by atoms with Crippen LogP contribution in [-0.4, -0.2) is 25.0 Å². The van der Waals surface area contributed by atoms with Crippen LogP contribution in [0.1, 0.15) is 30.6 Å².